The van der Waals surface area contributed by atoms with Crippen LogP contribution in [0.25, 0.3) is 0 Å². The number of carbonyl (C=O) groups is 1. The van der Waals surface area contributed by atoms with Gasteiger partial charge in [0.25, 0.3) is 5.91 Å². The van der Waals surface area contributed by atoms with Crippen LogP contribution in [-0.2, 0) is 10.0 Å². The molecule has 25 heavy (non-hydrogen) atoms. The third-order valence-electron chi connectivity index (χ3n) is 4.99. The van der Waals surface area contributed by atoms with Crippen molar-refractivity contribution in [2.24, 2.45) is 0 Å². The summed E-state index contributed by atoms with van der Waals surface area (Å²) in [4.78, 5) is 14.3. The number of piperazine rings is 1. The van der Waals surface area contributed by atoms with E-state index >= 15 is 0 Å². The molecule has 1 aromatic carbocycles. The average Bonchev–Trinajstić information content (AvgIpc) is 3.15. The molecular formula is C18H26N2O4S. The average molecular weight is 366 g/mol. The van der Waals surface area contributed by atoms with Crippen LogP contribution in [0.1, 0.15) is 43.0 Å². The van der Waals surface area contributed by atoms with Crippen molar-refractivity contribution in [3.05, 3.63) is 29.8 Å². The van der Waals surface area contributed by atoms with Crippen molar-refractivity contribution in [2.45, 2.75) is 38.7 Å². The highest BCUT2D eigenvalue weighted by Crippen LogP contribution is 2.24. The van der Waals surface area contributed by atoms with E-state index < -0.39 is 10.0 Å². The fourth-order valence-corrected chi connectivity index (χ4v) is 4.49. The molecule has 7 heteroatoms. The van der Waals surface area contributed by atoms with Crippen molar-refractivity contribution >= 4 is 15.9 Å². The van der Waals surface area contributed by atoms with Gasteiger partial charge >= 0.3 is 0 Å². The normalized spacial score (nSPS) is 20.0. The number of ether oxygens (including phenoxy) is 1. The molecule has 1 aliphatic heterocycles. The predicted molar refractivity (Wildman–Crippen MR) is 96.3 cm³/mol. The molecule has 1 saturated carbocycles. The van der Waals surface area contributed by atoms with Gasteiger partial charge in [-0.1, -0.05) is 0 Å². The summed E-state index contributed by atoms with van der Waals surface area (Å²) in [5.41, 5.74) is 0.616. The highest BCUT2D eigenvalue weighted by Gasteiger charge is 2.28. The molecule has 6 nitrogen and oxygen atoms in total. The lowest BCUT2D eigenvalue weighted by Crippen LogP contribution is -2.50. The van der Waals surface area contributed by atoms with E-state index in [1.54, 1.807) is 24.0 Å². The Morgan fingerprint density at radius 1 is 1.08 bits per heavy atom. The molecule has 1 amide bonds. The second-order valence-corrected chi connectivity index (χ2v) is 8.90. The molecule has 0 N–H and O–H groups in total. The van der Waals surface area contributed by atoms with Crippen molar-refractivity contribution < 1.29 is 17.9 Å². The Labute approximate surface area is 149 Å². The molecule has 2 fully saturated rings. The van der Waals surface area contributed by atoms with Crippen molar-refractivity contribution in [3.63, 3.8) is 0 Å². The number of carbonyl (C=O) groups excluding carboxylic acids is 1. The van der Waals surface area contributed by atoms with Gasteiger partial charge in [0.05, 0.1) is 11.9 Å². The number of sulfonamides is 1. The first kappa shape index (κ1) is 18.2. The topological polar surface area (TPSA) is 66.9 Å². The van der Waals surface area contributed by atoms with Crippen LogP contribution in [0.4, 0.5) is 0 Å². The lowest BCUT2D eigenvalue weighted by atomic mass is 10.1. The number of nitrogens with zero attached hydrogens (tertiary/aromatic N) is 2. The van der Waals surface area contributed by atoms with E-state index in [1.165, 1.54) is 17.1 Å². The van der Waals surface area contributed by atoms with Crippen LogP contribution in [0, 0.1) is 0 Å². The first-order valence-corrected chi connectivity index (χ1v) is 10.6. The van der Waals surface area contributed by atoms with E-state index in [0.717, 1.165) is 18.6 Å². The summed E-state index contributed by atoms with van der Waals surface area (Å²) in [6, 6.07) is 7.29. The van der Waals surface area contributed by atoms with Crippen LogP contribution >= 0.6 is 0 Å². The van der Waals surface area contributed by atoms with Gasteiger partial charge in [0.1, 0.15) is 5.75 Å². The van der Waals surface area contributed by atoms with Gasteiger partial charge in [-0.05, 0) is 56.9 Å². The van der Waals surface area contributed by atoms with Crippen LogP contribution in [-0.4, -0.2) is 61.6 Å². The van der Waals surface area contributed by atoms with Crippen LogP contribution in [0.3, 0.4) is 0 Å². The maximum atomic E-state index is 12.6. The molecule has 3 rings (SSSR count). The number of hydrogen-bond acceptors (Lipinski definition) is 4. The lowest BCUT2D eigenvalue weighted by Gasteiger charge is -2.33. The molecule has 0 atom stereocenters. The van der Waals surface area contributed by atoms with Gasteiger partial charge in [0.2, 0.25) is 10.0 Å². The Bertz CT molecular complexity index is 688. The maximum absolute atomic E-state index is 12.6. The minimum atomic E-state index is -3.17. The fraction of sp³-hybridized carbons (Fsp3) is 0.611. The van der Waals surface area contributed by atoms with E-state index in [2.05, 4.69) is 0 Å². The molecular weight excluding hydrogens is 340 g/mol. The van der Waals surface area contributed by atoms with Gasteiger partial charge in [-0.15, -0.1) is 0 Å². The Hall–Kier alpha value is -1.60. The predicted octanol–water partition coefficient (Wildman–Crippen LogP) is 2.12. The Morgan fingerprint density at radius 3 is 2.24 bits per heavy atom. The summed E-state index contributed by atoms with van der Waals surface area (Å²) in [5, 5.41) is 0. The van der Waals surface area contributed by atoms with Crippen LogP contribution in [0.5, 0.6) is 5.75 Å². The number of amides is 1. The number of benzene rings is 1. The fourth-order valence-electron chi connectivity index (χ4n) is 3.41. The molecule has 1 heterocycles. The van der Waals surface area contributed by atoms with Crippen molar-refractivity contribution in [2.75, 3.05) is 31.9 Å². The molecule has 2 aliphatic rings. The van der Waals surface area contributed by atoms with E-state index in [1.807, 2.05) is 12.1 Å². The molecule has 1 saturated heterocycles. The molecule has 0 aromatic heterocycles. The highest BCUT2D eigenvalue weighted by atomic mass is 32.2. The third-order valence-corrected chi connectivity index (χ3v) is 6.87. The van der Waals surface area contributed by atoms with Gasteiger partial charge in [-0.2, -0.15) is 4.31 Å². The van der Waals surface area contributed by atoms with Crippen molar-refractivity contribution in [3.8, 4) is 5.75 Å². The smallest absolute Gasteiger partial charge is 0.253 e. The van der Waals surface area contributed by atoms with Gasteiger partial charge < -0.3 is 9.64 Å². The third kappa shape index (κ3) is 4.33. The van der Waals surface area contributed by atoms with Gasteiger partial charge in [0, 0.05) is 31.7 Å². The number of rotatable bonds is 5. The van der Waals surface area contributed by atoms with E-state index in [-0.39, 0.29) is 11.7 Å². The van der Waals surface area contributed by atoms with Crippen LogP contribution < -0.4 is 4.74 Å². The molecule has 138 valence electrons. The Kier molecular flexibility index (Phi) is 5.64. The van der Waals surface area contributed by atoms with E-state index in [0.29, 0.717) is 37.8 Å². The molecule has 1 aromatic rings. The largest absolute Gasteiger partial charge is 0.490 e. The molecule has 0 spiro atoms. The van der Waals surface area contributed by atoms with Crippen LogP contribution in [0.2, 0.25) is 0 Å². The summed E-state index contributed by atoms with van der Waals surface area (Å²) in [6.07, 6.45) is 4.95. The van der Waals surface area contributed by atoms with Gasteiger partial charge in [0.15, 0.2) is 0 Å². The first-order valence-electron chi connectivity index (χ1n) is 9.03. The zero-order chi connectivity index (χ0) is 17.9. The summed E-state index contributed by atoms with van der Waals surface area (Å²) < 4.78 is 31.2. The zero-order valence-electron chi connectivity index (χ0n) is 14.7. The summed E-state index contributed by atoms with van der Waals surface area (Å²) in [5.74, 6) is 0.854. The quantitative estimate of drug-likeness (QED) is 0.800. The summed E-state index contributed by atoms with van der Waals surface area (Å²) >= 11 is 0. The van der Waals surface area contributed by atoms with Crippen molar-refractivity contribution in [1.82, 2.24) is 9.21 Å². The monoisotopic (exact) mass is 366 g/mol. The second kappa shape index (κ2) is 7.74. The minimum Gasteiger partial charge on any atom is -0.490 e. The standard InChI is InChI=1S/C18H26N2O4S/c1-2-25(22,23)20-13-11-19(12-14-20)18(21)15-7-9-17(10-8-15)24-16-5-3-4-6-16/h7-10,16H,2-6,11-14H2,1H3. The van der Waals surface area contributed by atoms with E-state index in [9.17, 15) is 13.2 Å². The zero-order valence-corrected chi connectivity index (χ0v) is 15.5. The maximum Gasteiger partial charge on any atom is 0.253 e. The summed E-state index contributed by atoms with van der Waals surface area (Å²) in [7, 11) is -3.17. The lowest BCUT2D eigenvalue weighted by molar-refractivity contribution is 0.0698. The SMILES string of the molecule is CCS(=O)(=O)N1CCN(C(=O)c2ccc(OC3CCCC3)cc2)CC1. The van der Waals surface area contributed by atoms with Crippen LogP contribution in [0.15, 0.2) is 24.3 Å². The van der Waals surface area contributed by atoms with Crippen molar-refractivity contribution in [1.29, 1.82) is 0 Å². The Morgan fingerprint density at radius 2 is 1.68 bits per heavy atom. The van der Waals surface area contributed by atoms with Gasteiger partial charge in [-0.25, -0.2) is 8.42 Å². The molecule has 0 bridgehead atoms. The van der Waals surface area contributed by atoms with E-state index in [4.69, 9.17) is 4.74 Å². The minimum absolute atomic E-state index is 0.0547. The first-order chi connectivity index (χ1) is 12.0. The second-order valence-electron chi connectivity index (χ2n) is 6.64. The summed E-state index contributed by atoms with van der Waals surface area (Å²) in [6.45, 7) is 3.23. The molecule has 1 aliphatic carbocycles. The molecule has 0 unspecified atom stereocenters. The molecule has 0 radical (unpaired) electrons. The number of hydrogen-bond donors (Lipinski definition) is 0. The highest BCUT2D eigenvalue weighted by molar-refractivity contribution is 7.89. The van der Waals surface area contributed by atoms with Gasteiger partial charge in [-0.3, -0.25) is 4.79 Å². The Balaban J connectivity index is 1.56.